The van der Waals surface area contributed by atoms with Gasteiger partial charge in [-0.3, -0.25) is 4.90 Å². The van der Waals surface area contributed by atoms with Crippen molar-refractivity contribution >= 4 is 0 Å². The number of hydrogen-bond acceptors (Lipinski definition) is 3. The van der Waals surface area contributed by atoms with Gasteiger partial charge in [0.1, 0.15) is 12.4 Å². The lowest BCUT2D eigenvalue weighted by Gasteiger charge is -2.41. The molecule has 1 aliphatic carbocycles. The average molecular weight is 288 g/mol. The highest BCUT2D eigenvalue weighted by molar-refractivity contribution is 5.38. The molecule has 116 valence electrons. The molecule has 1 saturated carbocycles. The van der Waals surface area contributed by atoms with Crippen molar-refractivity contribution in [2.45, 2.75) is 45.2 Å². The second-order valence-corrected chi connectivity index (χ2v) is 6.39. The number of ether oxygens (including phenoxy) is 1. The molecule has 1 fully saturated rings. The summed E-state index contributed by atoms with van der Waals surface area (Å²) in [5.41, 5.74) is 1.33. The number of nitrogens with one attached hydrogen (secondary N) is 1. The lowest BCUT2D eigenvalue weighted by atomic mass is 9.94. The van der Waals surface area contributed by atoms with Crippen LogP contribution in [0.5, 0.6) is 5.75 Å². The van der Waals surface area contributed by atoms with Crippen molar-refractivity contribution in [3.8, 4) is 5.75 Å². The standard InChI is InChI=1S/C18H28N2O/c1-3-11-20(12-14-9-10-14)16-13-21-17-8-6-5-7-15(17)18(16)19-4-2/h5-8,14,16,18-19H,3-4,9-13H2,1-2H3. The van der Waals surface area contributed by atoms with Gasteiger partial charge >= 0.3 is 0 Å². The fraction of sp³-hybridized carbons (Fsp3) is 0.667. The predicted octanol–water partition coefficient (Wildman–Crippen LogP) is 3.22. The summed E-state index contributed by atoms with van der Waals surface area (Å²) >= 11 is 0. The summed E-state index contributed by atoms with van der Waals surface area (Å²) in [6.45, 7) is 8.70. The van der Waals surface area contributed by atoms with Crippen LogP contribution in [0.1, 0.15) is 44.7 Å². The number of hydrogen-bond donors (Lipinski definition) is 1. The third-order valence-electron chi connectivity index (χ3n) is 4.64. The smallest absolute Gasteiger partial charge is 0.124 e. The summed E-state index contributed by atoms with van der Waals surface area (Å²) in [5.74, 6) is 1.98. The zero-order valence-electron chi connectivity index (χ0n) is 13.3. The molecular weight excluding hydrogens is 260 g/mol. The fourth-order valence-electron chi connectivity index (χ4n) is 3.44. The summed E-state index contributed by atoms with van der Waals surface area (Å²) in [6, 6.07) is 9.36. The molecule has 3 heteroatoms. The number of fused-ring (bicyclic) bond motifs is 1. The van der Waals surface area contributed by atoms with E-state index >= 15 is 0 Å². The van der Waals surface area contributed by atoms with Gasteiger partial charge in [0.2, 0.25) is 0 Å². The lowest BCUT2D eigenvalue weighted by Crippen LogP contribution is -2.51. The Hall–Kier alpha value is -1.06. The minimum atomic E-state index is 0.394. The van der Waals surface area contributed by atoms with Crippen molar-refractivity contribution in [1.82, 2.24) is 10.2 Å². The van der Waals surface area contributed by atoms with Crippen LogP contribution in [0.4, 0.5) is 0 Å². The summed E-state index contributed by atoms with van der Waals surface area (Å²) in [6.07, 6.45) is 4.04. The molecule has 1 aromatic rings. The van der Waals surface area contributed by atoms with Gasteiger partial charge in [0.25, 0.3) is 0 Å². The van der Waals surface area contributed by atoms with Crippen molar-refractivity contribution in [3.05, 3.63) is 29.8 Å². The number of rotatable bonds is 7. The highest BCUT2D eigenvalue weighted by Gasteiger charge is 2.36. The highest BCUT2D eigenvalue weighted by Crippen LogP contribution is 2.36. The van der Waals surface area contributed by atoms with Gasteiger partial charge in [0.15, 0.2) is 0 Å². The van der Waals surface area contributed by atoms with E-state index in [9.17, 15) is 0 Å². The van der Waals surface area contributed by atoms with E-state index in [1.54, 1.807) is 0 Å². The van der Waals surface area contributed by atoms with Crippen molar-refractivity contribution in [3.63, 3.8) is 0 Å². The van der Waals surface area contributed by atoms with Gasteiger partial charge < -0.3 is 10.1 Å². The van der Waals surface area contributed by atoms with Gasteiger partial charge in [-0.2, -0.15) is 0 Å². The third-order valence-corrected chi connectivity index (χ3v) is 4.64. The average Bonchev–Trinajstić information content (AvgIpc) is 3.32. The normalized spacial score (nSPS) is 24.7. The Bertz CT molecular complexity index is 458. The zero-order chi connectivity index (χ0) is 14.7. The molecule has 0 spiro atoms. The zero-order valence-corrected chi connectivity index (χ0v) is 13.3. The fourth-order valence-corrected chi connectivity index (χ4v) is 3.44. The van der Waals surface area contributed by atoms with E-state index in [2.05, 4.69) is 48.3 Å². The molecule has 0 bridgehead atoms. The highest BCUT2D eigenvalue weighted by atomic mass is 16.5. The lowest BCUT2D eigenvalue weighted by molar-refractivity contribution is 0.0821. The van der Waals surface area contributed by atoms with E-state index in [0.717, 1.165) is 24.8 Å². The van der Waals surface area contributed by atoms with Gasteiger partial charge in [-0.1, -0.05) is 32.0 Å². The van der Waals surface area contributed by atoms with E-state index in [-0.39, 0.29) is 0 Å². The van der Waals surface area contributed by atoms with Crippen LogP contribution in [0.2, 0.25) is 0 Å². The largest absolute Gasteiger partial charge is 0.492 e. The third kappa shape index (κ3) is 3.41. The van der Waals surface area contributed by atoms with Crippen LogP contribution in [-0.4, -0.2) is 37.2 Å². The maximum atomic E-state index is 6.06. The van der Waals surface area contributed by atoms with E-state index in [1.165, 1.54) is 37.9 Å². The summed E-state index contributed by atoms with van der Waals surface area (Å²) < 4.78 is 6.06. The Morgan fingerprint density at radius 1 is 1.24 bits per heavy atom. The van der Waals surface area contributed by atoms with E-state index in [4.69, 9.17) is 4.74 Å². The second-order valence-electron chi connectivity index (χ2n) is 6.39. The van der Waals surface area contributed by atoms with Crippen molar-refractivity contribution in [2.24, 2.45) is 5.92 Å². The van der Waals surface area contributed by atoms with Crippen molar-refractivity contribution in [1.29, 1.82) is 0 Å². The van der Waals surface area contributed by atoms with Crippen LogP contribution in [0.3, 0.4) is 0 Å². The minimum absolute atomic E-state index is 0.394. The Balaban J connectivity index is 1.82. The molecule has 3 nitrogen and oxygen atoms in total. The van der Waals surface area contributed by atoms with Crippen molar-refractivity contribution < 1.29 is 4.74 Å². The molecule has 1 N–H and O–H groups in total. The van der Waals surface area contributed by atoms with Crippen molar-refractivity contribution in [2.75, 3.05) is 26.2 Å². The van der Waals surface area contributed by atoms with Crippen LogP contribution >= 0.6 is 0 Å². The van der Waals surface area contributed by atoms with Gasteiger partial charge in [-0.15, -0.1) is 0 Å². The molecule has 1 heterocycles. The monoisotopic (exact) mass is 288 g/mol. The predicted molar refractivity (Wildman–Crippen MR) is 86.7 cm³/mol. The molecule has 0 aromatic heterocycles. The molecule has 1 aliphatic heterocycles. The first-order valence-corrected chi connectivity index (χ1v) is 8.52. The second kappa shape index (κ2) is 6.80. The molecule has 2 unspecified atom stereocenters. The first-order chi connectivity index (χ1) is 10.3. The molecule has 0 saturated heterocycles. The molecule has 21 heavy (non-hydrogen) atoms. The molecule has 0 amide bonds. The van der Waals surface area contributed by atoms with Gasteiger partial charge in [-0.25, -0.2) is 0 Å². The molecule has 2 atom stereocenters. The summed E-state index contributed by atoms with van der Waals surface area (Å²) in [4.78, 5) is 2.67. The van der Waals surface area contributed by atoms with Crippen LogP contribution in [0.25, 0.3) is 0 Å². The Morgan fingerprint density at radius 2 is 2.05 bits per heavy atom. The maximum Gasteiger partial charge on any atom is 0.124 e. The van der Waals surface area contributed by atoms with Crippen LogP contribution in [-0.2, 0) is 0 Å². The molecule has 2 aliphatic rings. The number of benzene rings is 1. The summed E-state index contributed by atoms with van der Waals surface area (Å²) in [5, 5.41) is 3.70. The molecular formula is C18H28N2O. The van der Waals surface area contributed by atoms with Crippen LogP contribution in [0, 0.1) is 5.92 Å². The van der Waals surface area contributed by atoms with E-state index in [0.29, 0.717) is 12.1 Å². The van der Waals surface area contributed by atoms with Gasteiger partial charge in [-0.05, 0) is 44.3 Å². The Morgan fingerprint density at radius 3 is 2.76 bits per heavy atom. The van der Waals surface area contributed by atoms with E-state index < -0.39 is 0 Å². The first kappa shape index (κ1) is 14.9. The maximum absolute atomic E-state index is 6.06. The van der Waals surface area contributed by atoms with Crippen LogP contribution < -0.4 is 10.1 Å². The SMILES string of the molecule is CCCN(CC1CC1)C1COc2ccccc2C1NCC. The number of para-hydroxylation sites is 1. The minimum Gasteiger partial charge on any atom is -0.492 e. The molecule has 1 aromatic carbocycles. The summed E-state index contributed by atoms with van der Waals surface area (Å²) in [7, 11) is 0. The van der Waals surface area contributed by atoms with E-state index in [1.807, 2.05) is 0 Å². The number of likely N-dealkylation sites (N-methyl/N-ethyl adjacent to an activating group) is 1. The van der Waals surface area contributed by atoms with Crippen LogP contribution in [0.15, 0.2) is 24.3 Å². The first-order valence-electron chi connectivity index (χ1n) is 8.52. The topological polar surface area (TPSA) is 24.5 Å². The van der Waals surface area contributed by atoms with Gasteiger partial charge in [0.05, 0.1) is 12.1 Å². The van der Waals surface area contributed by atoms with Gasteiger partial charge in [0, 0.05) is 12.1 Å². The quantitative estimate of drug-likeness (QED) is 0.834. The molecule has 3 rings (SSSR count). The molecule has 0 radical (unpaired) electrons. The Labute approximate surface area is 128 Å². The Kier molecular flexibility index (Phi) is 4.81. The number of nitrogens with zero attached hydrogens (tertiary/aromatic N) is 1.